The predicted octanol–water partition coefficient (Wildman–Crippen LogP) is 2.80. The maximum atomic E-state index is 5.37. The van der Waals surface area contributed by atoms with Gasteiger partial charge in [0.1, 0.15) is 5.75 Å². The lowest BCUT2D eigenvalue weighted by Gasteiger charge is -2.16. The SMILES string of the molecule is CCc1cc(CC2(CNC)CC2)ccc1OC. The molecule has 0 atom stereocenters. The molecule has 0 spiro atoms. The van der Waals surface area contributed by atoms with E-state index in [1.165, 1.54) is 30.4 Å². The summed E-state index contributed by atoms with van der Waals surface area (Å²) < 4.78 is 5.37. The largest absolute Gasteiger partial charge is 0.496 e. The highest BCUT2D eigenvalue weighted by atomic mass is 16.5. The van der Waals surface area contributed by atoms with E-state index in [0.29, 0.717) is 5.41 Å². The van der Waals surface area contributed by atoms with E-state index in [1.807, 2.05) is 7.05 Å². The molecule has 0 unspecified atom stereocenters. The van der Waals surface area contributed by atoms with Crippen LogP contribution in [0.25, 0.3) is 0 Å². The number of methoxy groups -OCH3 is 1. The van der Waals surface area contributed by atoms with E-state index in [4.69, 9.17) is 4.74 Å². The van der Waals surface area contributed by atoms with Crippen molar-refractivity contribution in [2.75, 3.05) is 20.7 Å². The van der Waals surface area contributed by atoms with Crippen LogP contribution in [0.5, 0.6) is 5.75 Å². The lowest BCUT2D eigenvalue weighted by atomic mass is 9.94. The molecule has 1 saturated carbocycles. The average molecular weight is 233 g/mol. The number of benzene rings is 1. The van der Waals surface area contributed by atoms with Gasteiger partial charge in [0.15, 0.2) is 0 Å². The first-order valence-electron chi connectivity index (χ1n) is 6.53. The van der Waals surface area contributed by atoms with E-state index >= 15 is 0 Å². The molecule has 2 heteroatoms. The third kappa shape index (κ3) is 2.81. The van der Waals surface area contributed by atoms with Crippen LogP contribution in [-0.2, 0) is 12.8 Å². The molecule has 0 amide bonds. The van der Waals surface area contributed by atoms with Gasteiger partial charge in [0.05, 0.1) is 7.11 Å². The van der Waals surface area contributed by atoms with Gasteiger partial charge in [0, 0.05) is 6.54 Å². The van der Waals surface area contributed by atoms with Gasteiger partial charge in [-0.15, -0.1) is 0 Å². The molecular weight excluding hydrogens is 210 g/mol. The molecule has 1 aromatic carbocycles. The number of rotatable bonds is 6. The molecule has 0 aromatic heterocycles. The van der Waals surface area contributed by atoms with E-state index in [9.17, 15) is 0 Å². The van der Waals surface area contributed by atoms with Gasteiger partial charge in [0.25, 0.3) is 0 Å². The van der Waals surface area contributed by atoms with Gasteiger partial charge < -0.3 is 10.1 Å². The Morgan fingerprint density at radius 1 is 1.35 bits per heavy atom. The van der Waals surface area contributed by atoms with E-state index < -0.39 is 0 Å². The molecule has 94 valence electrons. The van der Waals surface area contributed by atoms with Crippen molar-refractivity contribution in [2.24, 2.45) is 5.41 Å². The molecule has 1 N–H and O–H groups in total. The normalized spacial score (nSPS) is 16.9. The number of ether oxygens (including phenoxy) is 1. The van der Waals surface area contributed by atoms with Crippen LogP contribution in [0, 0.1) is 5.41 Å². The van der Waals surface area contributed by atoms with E-state index in [2.05, 4.69) is 30.4 Å². The minimum atomic E-state index is 0.536. The van der Waals surface area contributed by atoms with Crippen LogP contribution in [0.3, 0.4) is 0 Å². The van der Waals surface area contributed by atoms with Gasteiger partial charge in [-0.2, -0.15) is 0 Å². The fourth-order valence-electron chi connectivity index (χ4n) is 2.62. The second-order valence-electron chi connectivity index (χ2n) is 5.21. The molecule has 0 bridgehead atoms. The number of hydrogen-bond acceptors (Lipinski definition) is 2. The third-order valence-electron chi connectivity index (χ3n) is 3.81. The molecule has 1 aliphatic carbocycles. The monoisotopic (exact) mass is 233 g/mol. The topological polar surface area (TPSA) is 21.3 Å². The molecular formula is C15H23NO. The summed E-state index contributed by atoms with van der Waals surface area (Å²) in [7, 11) is 3.79. The summed E-state index contributed by atoms with van der Waals surface area (Å²) in [4.78, 5) is 0. The minimum absolute atomic E-state index is 0.536. The molecule has 2 nitrogen and oxygen atoms in total. The fraction of sp³-hybridized carbons (Fsp3) is 0.600. The van der Waals surface area contributed by atoms with E-state index in [0.717, 1.165) is 18.7 Å². The van der Waals surface area contributed by atoms with Gasteiger partial charge in [0.2, 0.25) is 0 Å². The molecule has 17 heavy (non-hydrogen) atoms. The summed E-state index contributed by atoms with van der Waals surface area (Å²) in [6, 6.07) is 6.64. The van der Waals surface area contributed by atoms with Crippen molar-refractivity contribution in [1.29, 1.82) is 0 Å². The molecule has 1 aromatic rings. The summed E-state index contributed by atoms with van der Waals surface area (Å²) in [5, 5.41) is 3.32. The average Bonchev–Trinajstić information content (AvgIpc) is 3.09. The first-order valence-corrected chi connectivity index (χ1v) is 6.53. The molecule has 0 aliphatic heterocycles. The van der Waals surface area contributed by atoms with Crippen molar-refractivity contribution in [3.05, 3.63) is 29.3 Å². The van der Waals surface area contributed by atoms with Crippen molar-refractivity contribution in [3.63, 3.8) is 0 Å². The lowest BCUT2D eigenvalue weighted by molar-refractivity contribution is 0.409. The number of aryl methyl sites for hydroxylation is 1. The van der Waals surface area contributed by atoms with Crippen LogP contribution >= 0.6 is 0 Å². The molecule has 0 radical (unpaired) electrons. The standard InChI is InChI=1S/C15H23NO/c1-4-13-9-12(5-6-14(13)17-3)10-15(7-8-15)11-16-2/h5-6,9,16H,4,7-8,10-11H2,1-3H3. The molecule has 0 saturated heterocycles. The highest BCUT2D eigenvalue weighted by Gasteiger charge is 2.41. The van der Waals surface area contributed by atoms with Crippen molar-refractivity contribution < 1.29 is 4.74 Å². The summed E-state index contributed by atoms with van der Waals surface area (Å²) >= 11 is 0. The quantitative estimate of drug-likeness (QED) is 0.816. The van der Waals surface area contributed by atoms with Gasteiger partial charge >= 0.3 is 0 Å². The van der Waals surface area contributed by atoms with Crippen LogP contribution in [0.15, 0.2) is 18.2 Å². The van der Waals surface area contributed by atoms with Crippen molar-refractivity contribution in [2.45, 2.75) is 32.6 Å². The zero-order valence-corrected chi connectivity index (χ0v) is 11.2. The Bertz CT molecular complexity index is 383. The zero-order chi connectivity index (χ0) is 12.3. The highest BCUT2D eigenvalue weighted by molar-refractivity contribution is 5.38. The van der Waals surface area contributed by atoms with Crippen LogP contribution in [0.1, 0.15) is 30.9 Å². The van der Waals surface area contributed by atoms with Crippen LogP contribution in [0.4, 0.5) is 0 Å². The maximum absolute atomic E-state index is 5.37. The van der Waals surface area contributed by atoms with E-state index in [1.54, 1.807) is 7.11 Å². The Morgan fingerprint density at radius 3 is 2.65 bits per heavy atom. The van der Waals surface area contributed by atoms with Crippen LogP contribution in [0.2, 0.25) is 0 Å². The van der Waals surface area contributed by atoms with Crippen LogP contribution < -0.4 is 10.1 Å². The summed E-state index contributed by atoms with van der Waals surface area (Å²) in [6.45, 7) is 3.32. The molecule has 1 fully saturated rings. The van der Waals surface area contributed by atoms with Gasteiger partial charge in [-0.1, -0.05) is 19.1 Å². The lowest BCUT2D eigenvalue weighted by Crippen LogP contribution is -2.22. The van der Waals surface area contributed by atoms with Crippen molar-refractivity contribution in [1.82, 2.24) is 5.32 Å². The van der Waals surface area contributed by atoms with Gasteiger partial charge in [-0.05, 0) is 55.3 Å². The molecule has 0 heterocycles. The Morgan fingerprint density at radius 2 is 2.12 bits per heavy atom. The Kier molecular flexibility index (Phi) is 3.72. The Balaban J connectivity index is 2.11. The maximum Gasteiger partial charge on any atom is 0.122 e. The Hall–Kier alpha value is -1.02. The molecule has 1 aliphatic rings. The van der Waals surface area contributed by atoms with Crippen molar-refractivity contribution >= 4 is 0 Å². The first kappa shape index (κ1) is 12.4. The van der Waals surface area contributed by atoms with E-state index in [-0.39, 0.29) is 0 Å². The summed E-state index contributed by atoms with van der Waals surface area (Å²) in [6.07, 6.45) is 4.96. The van der Waals surface area contributed by atoms with Crippen LogP contribution in [-0.4, -0.2) is 20.7 Å². The third-order valence-corrected chi connectivity index (χ3v) is 3.81. The second kappa shape index (κ2) is 5.09. The zero-order valence-electron chi connectivity index (χ0n) is 11.2. The Labute approximate surface area is 104 Å². The van der Waals surface area contributed by atoms with Gasteiger partial charge in [-0.25, -0.2) is 0 Å². The summed E-state index contributed by atoms with van der Waals surface area (Å²) in [5.74, 6) is 1.02. The summed E-state index contributed by atoms with van der Waals surface area (Å²) in [5.41, 5.74) is 3.31. The first-order chi connectivity index (χ1) is 8.23. The number of nitrogens with one attached hydrogen (secondary N) is 1. The fourth-order valence-corrected chi connectivity index (χ4v) is 2.62. The molecule has 2 rings (SSSR count). The second-order valence-corrected chi connectivity index (χ2v) is 5.21. The predicted molar refractivity (Wildman–Crippen MR) is 71.7 cm³/mol. The highest BCUT2D eigenvalue weighted by Crippen LogP contribution is 2.48. The van der Waals surface area contributed by atoms with Gasteiger partial charge in [-0.3, -0.25) is 0 Å². The minimum Gasteiger partial charge on any atom is -0.496 e. The smallest absolute Gasteiger partial charge is 0.122 e. The van der Waals surface area contributed by atoms with Crippen molar-refractivity contribution in [3.8, 4) is 5.75 Å². The number of hydrogen-bond donors (Lipinski definition) is 1.